The molecule has 0 aromatic heterocycles. The Morgan fingerprint density at radius 2 is 1.53 bits per heavy atom. The molecule has 1 aliphatic rings. The SMILES string of the molecule is O=C1CCC(c2ccccc2)c2ccccc2C1=O. The second kappa shape index (κ2) is 4.81. The number of ketones is 2. The zero-order valence-electron chi connectivity index (χ0n) is 10.5. The molecule has 0 heterocycles. The molecule has 0 radical (unpaired) electrons. The third-order valence-electron chi connectivity index (χ3n) is 3.70. The Bertz CT molecular complexity index is 629. The zero-order valence-corrected chi connectivity index (χ0v) is 10.5. The van der Waals surface area contributed by atoms with E-state index in [-0.39, 0.29) is 17.5 Å². The van der Waals surface area contributed by atoms with Crippen LogP contribution in [0.25, 0.3) is 0 Å². The van der Waals surface area contributed by atoms with E-state index in [0.717, 1.165) is 11.1 Å². The molecule has 1 unspecified atom stereocenters. The standard InChI is InChI=1S/C17H14O2/c18-16-11-10-13(12-6-2-1-3-7-12)14-8-4-5-9-15(14)17(16)19/h1-9,13H,10-11H2. The Kier molecular flexibility index (Phi) is 3.00. The van der Waals surface area contributed by atoms with E-state index in [1.54, 1.807) is 6.07 Å². The minimum absolute atomic E-state index is 0.132. The van der Waals surface area contributed by atoms with Crippen LogP contribution < -0.4 is 0 Å². The maximum atomic E-state index is 12.1. The van der Waals surface area contributed by atoms with Crippen molar-refractivity contribution >= 4 is 11.6 Å². The second-order valence-electron chi connectivity index (χ2n) is 4.84. The first-order valence-corrected chi connectivity index (χ1v) is 6.49. The minimum Gasteiger partial charge on any atom is -0.290 e. The highest BCUT2D eigenvalue weighted by molar-refractivity contribution is 6.44. The normalized spacial score (nSPS) is 18.8. The van der Waals surface area contributed by atoms with E-state index in [2.05, 4.69) is 12.1 Å². The summed E-state index contributed by atoms with van der Waals surface area (Å²) in [5.41, 5.74) is 2.71. The number of rotatable bonds is 1. The third kappa shape index (κ3) is 2.10. The average molecular weight is 250 g/mol. The van der Waals surface area contributed by atoms with Crippen LogP contribution in [0.4, 0.5) is 0 Å². The van der Waals surface area contributed by atoms with Crippen LogP contribution in [0.15, 0.2) is 54.6 Å². The molecule has 3 rings (SSSR count). The number of carbonyl (C=O) groups is 2. The van der Waals surface area contributed by atoms with E-state index in [1.165, 1.54) is 0 Å². The summed E-state index contributed by atoms with van der Waals surface area (Å²) in [6.45, 7) is 0. The highest BCUT2D eigenvalue weighted by atomic mass is 16.2. The predicted octanol–water partition coefficient (Wildman–Crippen LogP) is 3.36. The smallest absolute Gasteiger partial charge is 0.228 e. The van der Waals surface area contributed by atoms with Crippen molar-refractivity contribution in [3.05, 3.63) is 71.3 Å². The van der Waals surface area contributed by atoms with Gasteiger partial charge >= 0.3 is 0 Å². The molecule has 1 atom stereocenters. The Morgan fingerprint density at radius 1 is 0.842 bits per heavy atom. The van der Waals surface area contributed by atoms with Crippen LogP contribution in [0.2, 0.25) is 0 Å². The number of fused-ring (bicyclic) bond motifs is 1. The van der Waals surface area contributed by atoms with E-state index in [4.69, 9.17) is 0 Å². The van der Waals surface area contributed by atoms with Crippen molar-refractivity contribution in [1.29, 1.82) is 0 Å². The van der Waals surface area contributed by atoms with E-state index in [9.17, 15) is 9.59 Å². The van der Waals surface area contributed by atoms with Crippen LogP contribution in [-0.2, 0) is 4.79 Å². The first-order valence-electron chi connectivity index (χ1n) is 6.49. The molecule has 0 fully saturated rings. The van der Waals surface area contributed by atoms with Crippen LogP contribution in [-0.4, -0.2) is 11.6 Å². The molecular weight excluding hydrogens is 236 g/mol. The fourth-order valence-electron chi connectivity index (χ4n) is 2.73. The fourth-order valence-corrected chi connectivity index (χ4v) is 2.73. The highest BCUT2D eigenvalue weighted by Crippen LogP contribution is 2.34. The number of Topliss-reactive ketones (excluding diaryl/α,β-unsaturated/α-hetero) is 2. The van der Waals surface area contributed by atoms with Crippen molar-refractivity contribution in [2.24, 2.45) is 0 Å². The largest absolute Gasteiger partial charge is 0.290 e. The maximum absolute atomic E-state index is 12.1. The van der Waals surface area contributed by atoms with Gasteiger partial charge < -0.3 is 0 Å². The summed E-state index contributed by atoms with van der Waals surface area (Å²) in [5, 5.41) is 0. The molecule has 2 aromatic carbocycles. The summed E-state index contributed by atoms with van der Waals surface area (Å²) >= 11 is 0. The molecule has 0 spiro atoms. The first kappa shape index (κ1) is 11.8. The lowest BCUT2D eigenvalue weighted by Gasteiger charge is -2.17. The quantitative estimate of drug-likeness (QED) is 0.574. The Morgan fingerprint density at radius 3 is 2.32 bits per heavy atom. The van der Waals surface area contributed by atoms with Crippen LogP contribution >= 0.6 is 0 Å². The van der Waals surface area contributed by atoms with Gasteiger partial charge in [-0.05, 0) is 17.5 Å². The molecule has 0 aliphatic heterocycles. The van der Waals surface area contributed by atoms with Gasteiger partial charge in [0.25, 0.3) is 0 Å². The van der Waals surface area contributed by atoms with Gasteiger partial charge in [-0.15, -0.1) is 0 Å². The van der Waals surface area contributed by atoms with Crippen LogP contribution in [0.1, 0.15) is 40.2 Å². The van der Waals surface area contributed by atoms with E-state index < -0.39 is 0 Å². The van der Waals surface area contributed by atoms with Crippen molar-refractivity contribution in [2.75, 3.05) is 0 Å². The molecule has 2 heteroatoms. The van der Waals surface area contributed by atoms with E-state index in [0.29, 0.717) is 18.4 Å². The molecule has 0 saturated heterocycles. The van der Waals surface area contributed by atoms with Gasteiger partial charge in [-0.25, -0.2) is 0 Å². The van der Waals surface area contributed by atoms with Gasteiger partial charge in [0.05, 0.1) is 0 Å². The molecule has 2 nitrogen and oxygen atoms in total. The lowest BCUT2D eigenvalue weighted by atomic mass is 9.86. The molecule has 0 saturated carbocycles. The maximum Gasteiger partial charge on any atom is 0.228 e. The van der Waals surface area contributed by atoms with Crippen molar-refractivity contribution in [1.82, 2.24) is 0 Å². The zero-order chi connectivity index (χ0) is 13.2. The molecule has 2 aromatic rings. The predicted molar refractivity (Wildman–Crippen MR) is 73.3 cm³/mol. The second-order valence-corrected chi connectivity index (χ2v) is 4.84. The van der Waals surface area contributed by atoms with Crippen molar-refractivity contribution in [2.45, 2.75) is 18.8 Å². The summed E-state index contributed by atoms with van der Waals surface area (Å²) in [4.78, 5) is 23.9. The van der Waals surface area contributed by atoms with Gasteiger partial charge in [0, 0.05) is 17.9 Å². The van der Waals surface area contributed by atoms with E-state index >= 15 is 0 Å². The van der Waals surface area contributed by atoms with Gasteiger partial charge in [-0.2, -0.15) is 0 Å². The van der Waals surface area contributed by atoms with Crippen LogP contribution in [0, 0.1) is 0 Å². The molecule has 0 amide bonds. The average Bonchev–Trinajstić information content (AvgIpc) is 2.59. The van der Waals surface area contributed by atoms with Crippen LogP contribution in [0.5, 0.6) is 0 Å². The monoisotopic (exact) mass is 250 g/mol. The highest BCUT2D eigenvalue weighted by Gasteiger charge is 2.28. The summed E-state index contributed by atoms with van der Waals surface area (Å²) in [6, 6.07) is 17.5. The molecule has 1 aliphatic carbocycles. The minimum atomic E-state index is -0.339. The Balaban J connectivity index is 2.15. The van der Waals surface area contributed by atoms with Gasteiger partial charge in [0.15, 0.2) is 0 Å². The summed E-state index contributed by atoms with van der Waals surface area (Å²) in [7, 11) is 0. The van der Waals surface area contributed by atoms with E-state index in [1.807, 2.05) is 36.4 Å². The molecule has 94 valence electrons. The first-order chi connectivity index (χ1) is 9.27. The Hall–Kier alpha value is -2.22. The van der Waals surface area contributed by atoms with Crippen molar-refractivity contribution in [3.8, 4) is 0 Å². The third-order valence-corrected chi connectivity index (χ3v) is 3.70. The van der Waals surface area contributed by atoms with Gasteiger partial charge in [0.2, 0.25) is 11.6 Å². The van der Waals surface area contributed by atoms with Gasteiger partial charge in [-0.1, -0.05) is 54.6 Å². The topological polar surface area (TPSA) is 34.1 Å². The number of carbonyl (C=O) groups excluding carboxylic acids is 2. The number of hydrogen-bond donors (Lipinski definition) is 0. The summed E-state index contributed by atoms with van der Waals surface area (Å²) in [5.74, 6) is -0.479. The molecule has 0 N–H and O–H groups in total. The molecular formula is C17H14O2. The molecule has 19 heavy (non-hydrogen) atoms. The van der Waals surface area contributed by atoms with Gasteiger partial charge in [0.1, 0.15) is 0 Å². The fraction of sp³-hybridized carbons (Fsp3) is 0.176. The van der Waals surface area contributed by atoms with Gasteiger partial charge in [-0.3, -0.25) is 9.59 Å². The summed E-state index contributed by atoms with van der Waals surface area (Å²) in [6.07, 6.45) is 1.03. The Labute approximate surface area is 112 Å². The lowest BCUT2D eigenvalue weighted by Crippen LogP contribution is -2.12. The molecule has 0 bridgehead atoms. The number of benzene rings is 2. The lowest BCUT2D eigenvalue weighted by molar-refractivity contribution is -0.115. The summed E-state index contributed by atoms with van der Waals surface area (Å²) < 4.78 is 0. The van der Waals surface area contributed by atoms with Crippen molar-refractivity contribution < 1.29 is 9.59 Å². The van der Waals surface area contributed by atoms with Crippen LogP contribution in [0.3, 0.4) is 0 Å². The van der Waals surface area contributed by atoms with Crippen molar-refractivity contribution in [3.63, 3.8) is 0 Å². The number of hydrogen-bond acceptors (Lipinski definition) is 2.